The number of rotatable bonds is 4. The van der Waals surface area contributed by atoms with Gasteiger partial charge >= 0.3 is 0 Å². The average molecular weight is 390 g/mol. The zero-order valence-electron chi connectivity index (χ0n) is 10.3. The van der Waals surface area contributed by atoms with Crippen molar-refractivity contribution in [3.05, 3.63) is 44.6 Å². The molecule has 2 aromatic rings. The zero-order chi connectivity index (χ0) is 13.1. The van der Waals surface area contributed by atoms with Crippen LogP contribution in [0.15, 0.2) is 38.1 Å². The van der Waals surface area contributed by atoms with E-state index in [1.807, 2.05) is 23.5 Å². The largest absolute Gasteiger partial charge is 0.270 e. The molecule has 0 radical (unpaired) electrons. The number of aryl methyl sites for hydroxylation is 2. The molecule has 0 aliphatic heterocycles. The van der Waals surface area contributed by atoms with Crippen LogP contribution in [0.4, 0.5) is 0 Å². The summed E-state index contributed by atoms with van der Waals surface area (Å²) in [6.45, 7) is 2.12. The van der Waals surface area contributed by atoms with Crippen LogP contribution in [0.3, 0.4) is 0 Å². The van der Waals surface area contributed by atoms with Crippen molar-refractivity contribution in [2.75, 3.05) is 0 Å². The van der Waals surface area contributed by atoms with Crippen LogP contribution in [0, 0.1) is 0 Å². The Labute approximate surface area is 128 Å². The summed E-state index contributed by atoms with van der Waals surface area (Å²) in [6.07, 6.45) is 0.956. The minimum Gasteiger partial charge on any atom is -0.270 e. The van der Waals surface area contributed by atoms with Gasteiger partial charge in [-0.3, -0.25) is 4.68 Å². The maximum absolute atomic E-state index is 4.50. The molecule has 1 aromatic heterocycles. The van der Waals surface area contributed by atoms with E-state index in [9.17, 15) is 0 Å². The van der Waals surface area contributed by atoms with Gasteiger partial charge in [-0.1, -0.05) is 22.9 Å². The van der Waals surface area contributed by atoms with Gasteiger partial charge in [0.2, 0.25) is 0 Å². The minimum absolute atomic E-state index is 0.922. The highest BCUT2D eigenvalue weighted by Crippen LogP contribution is 2.29. The number of benzene rings is 1. The normalized spacial score (nSPS) is 10.9. The van der Waals surface area contributed by atoms with E-state index in [-0.39, 0.29) is 0 Å². The molecule has 0 bridgehead atoms. The summed E-state index contributed by atoms with van der Waals surface area (Å²) in [7, 11) is 2.00. The van der Waals surface area contributed by atoms with Gasteiger partial charge in [-0.05, 0) is 46.6 Å². The van der Waals surface area contributed by atoms with Crippen molar-refractivity contribution in [2.24, 2.45) is 7.05 Å². The molecule has 5 heteroatoms. The second kappa shape index (κ2) is 6.26. The Morgan fingerprint density at radius 2 is 1.89 bits per heavy atom. The van der Waals surface area contributed by atoms with Crippen LogP contribution in [-0.4, -0.2) is 9.78 Å². The number of hydrogen-bond donors (Lipinski definition) is 0. The Kier molecular flexibility index (Phi) is 4.92. The Bertz CT molecular complexity index is 535. The van der Waals surface area contributed by atoms with Gasteiger partial charge in [0.05, 0.1) is 15.9 Å². The Balaban J connectivity index is 2.10. The van der Waals surface area contributed by atoms with Gasteiger partial charge in [-0.2, -0.15) is 5.10 Å². The van der Waals surface area contributed by atoms with Crippen molar-refractivity contribution in [2.45, 2.75) is 24.0 Å². The lowest BCUT2D eigenvalue weighted by molar-refractivity contribution is 0.719. The molecule has 0 atom stereocenters. The molecule has 2 nitrogen and oxygen atoms in total. The number of thioether (sulfide) groups is 1. The fraction of sp³-hybridized carbons (Fsp3) is 0.308. The Morgan fingerprint density at radius 3 is 2.44 bits per heavy atom. The average Bonchev–Trinajstić information content (AvgIpc) is 2.64. The van der Waals surface area contributed by atoms with E-state index in [2.05, 4.69) is 68.1 Å². The van der Waals surface area contributed by atoms with E-state index in [4.69, 9.17) is 0 Å². The molecule has 0 saturated heterocycles. The first kappa shape index (κ1) is 14.2. The summed E-state index contributed by atoms with van der Waals surface area (Å²) in [4.78, 5) is 1.27. The summed E-state index contributed by atoms with van der Waals surface area (Å²) in [5.41, 5.74) is 2.36. The smallest absolute Gasteiger partial charge is 0.0767 e. The molecule has 18 heavy (non-hydrogen) atoms. The van der Waals surface area contributed by atoms with Crippen LogP contribution in [0.1, 0.15) is 18.3 Å². The summed E-state index contributed by atoms with van der Waals surface area (Å²) in [5, 5.41) is 4.50. The summed E-state index contributed by atoms with van der Waals surface area (Å²) < 4.78 is 4.23. The molecule has 0 amide bonds. The van der Waals surface area contributed by atoms with E-state index >= 15 is 0 Å². The number of aromatic nitrogens is 2. The lowest BCUT2D eigenvalue weighted by atomic mass is 10.3. The van der Waals surface area contributed by atoms with E-state index in [1.165, 1.54) is 10.6 Å². The van der Waals surface area contributed by atoms with Crippen LogP contribution < -0.4 is 0 Å². The SMILES string of the molecule is CCc1nn(C)c(CSc2ccc(Br)cc2)c1Br. The van der Waals surface area contributed by atoms with Crippen LogP contribution in [-0.2, 0) is 19.2 Å². The van der Waals surface area contributed by atoms with E-state index in [0.717, 1.165) is 26.8 Å². The maximum Gasteiger partial charge on any atom is 0.0767 e. The van der Waals surface area contributed by atoms with Crippen molar-refractivity contribution in [3.63, 3.8) is 0 Å². The van der Waals surface area contributed by atoms with E-state index in [0.29, 0.717) is 0 Å². The molecule has 2 rings (SSSR count). The molecule has 0 spiro atoms. The molecule has 0 aliphatic carbocycles. The second-order valence-corrected chi connectivity index (χ2v) is 6.68. The third-order valence-corrected chi connectivity index (χ3v) is 5.16. The fourth-order valence-electron chi connectivity index (χ4n) is 1.66. The summed E-state index contributed by atoms with van der Waals surface area (Å²) in [6, 6.07) is 8.38. The van der Waals surface area contributed by atoms with Gasteiger partial charge in [-0.25, -0.2) is 0 Å². The predicted octanol–water partition coefficient (Wildman–Crippen LogP) is 4.80. The maximum atomic E-state index is 4.50. The highest BCUT2D eigenvalue weighted by Gasteiger charge is 2.12. The topological polar surface area (TPSA) is 17.8 Å². The second-order valence-electron chi connectivity index (χ2n) is 3.93. The predicted molar refractivity (Wildman–Crippen MR) is 84.0 cm³/mol. The third-order valence-electron chi connectivity index (χ3n) is 2.69. The minimum atomic E-state index is 0.922. The third kappa shape index (κ3) is 3.19. The van der Waals surface area contributed by atoms with Crippen LogP contribution in [0.5, 0.6) is 0 Å². The quantitative estimate of drug-likeness (QED) is 0.699. The Morgan fingerprint density at radius 1 is 1.22 bits per heavy atom. The Hall–Kier alpha value is -0.260. The van der Waals surface area contributed by atoms with Gasteiger partial charge in [0, 0.05) is 22.2 Å². The van der Waals surface area contributed by atoms with Crippen molar-refractivity contribution in [1.82, 2.24) is 9.78 Å². The molecule has 1 aromatic carbocycles. The first-order chi connectivity index (χ1) is 8.61. The molecule has 0 aliphatic rings. The zero-order valence-corrected chi connectivity index (χ0v) is 14.3. The van der Waals surface area contributed by atoms with Gasteiger partial charge in [0.1, 0.15) is 0 Å². The molecule has 0 saturated carbocycles. The lowest BCUT2D eigenvalue weighted by Gasteiger charge is -2.03. The first-order valence-electron chi connectivity index (χ1n) is 5.70. The summed E-state index contributed by atoms with van der Waals surface area (Å²) in [5.74, 6) is 0.922. The van der Waals surface area contributed by atoms with E-state index in [1.54, 1.807) is 0 Å². The van der Waals surface area contributed by atoms with Crippen LogP contribution in [0.25, 0.3) is 0 Å². The van der Waals surface area contributed by atoms with Crippen molar-refractivity contribution in [1.29, 1.82) is 0 Å². The van der Waals surface area contributed by atoms with Crippen LogP contribution in [0.2, 0.25) is 0 Å². The highest BCUT2D eigenvalue weighted by molar-refractivity contribution is 9.10. The van der Waals surface area contributed by atoms with Gasteiger partial charge < -0.3 is 0 Å². The molecular weight excluding hydrogens is 376 g/mol. The first-order valence-corrected chi connectivity index (χ1v) is 8.27. The van der Waals surface area contributed by atoms with Crippen molar-refractivity contribution < 1.29 is 0 Å². The van der Waals surface area contributed by atoms with Crippen LogP contribution >= 0.6 is 43.6 Å². The number of hydrogen-bond acceptors (Lipinski definition) is 2. The molecule has 0 unspecified atom stereocenters. The number of nitrogens with zero attached hydrogens (tertiary/aromatic N) is 2. The molecular formula is C13H14Br2N2S. The molecule has 0 N–H and O–H groups in total. The lowest BCUT2D eigenvalue weighted by Crippen LogP contribution is -1.96. The highest BCUT2D eigenvalue weighted by atomic mass is 79.9. The molecule has 1 heterocycles. The van der Waals surface area contributed by atoms with E-state index < -0.39 is 0 Å². The summed E-state index contributed by atoms with van der Waals surface area (Å²) >= 11 is 8.91. The van der Waals surface area contributed by atoms with Crippen molar-refractivity contribution in [3.8, 4) is 0 Å². The molecule has 0 fully saturated rings. The number of halogens is 2. The van der Waals surface area contributed by atoms with Gasteiger partial charge in [0.15, 0.2) is 0 Å². The van der Waals surface area contributed by atoms with Gasteiger partial charge in [0.25, 0.3) is 0 Å². The fourth-order valence-corrected chi connectivity index (χ4v) is 3.83. The monoisotopic (exact) mass is 388 g/mol. The van der Waals surface area contributed by atoms with Crippen molar-refractivity contribution >= 4 is 43.6 Å². The standard InChI is InChI=1S/C13H14Br2N2S/c1-3-11-13(15)12(17(2)16-11)8-18-10-6-4-9(14)5-7-10/h4-7H,3,8H2,1-2H3. The van der Waals surface area contributed by atoms with Gasteiger partial charge in [-0.15, -0.1) is 11.8 Å². The molecule has 96 valence electrons.